The third kappa shape index (κ3) is 1.23. The van der Waals surface area contributed by atoms with E-state index in [1.807, 2.05) is 18.2 Å². The van der Waals surface area contributed by atoms with Gasteiger partial charge in [-0.2, -0.15) is 0 Å². The van der Waals surface area contributed by atoms with Crippen molar-refractivity contribution in [2.45, 2.75) is 6.61 Å². The Bertz CT molecular complexity index is 464. The van der Waals surface area contributed by atoms with E-state index in [2.05, 4.69) is 0 Å². The lowest BCUT2D eigenvalue weighted by molar-refractivity contribution is 0.279. The van der Waals surface area contributed by atoms with Gasteiger partial charge < -0.3 is 15.6 Å². The van der Waals surface area contributed by atoms with Crippen molar-refractivity contribution in [3.63, 3.8) is 0 Å². The van der Waals surface area contributed by atoms with Gasteiger partial charge in [0.15, 0.2) is 0 Å². The molecule has 14 heavy (non-hydrogen) atoms. The van der Waals surface area contributed by atoms with Gasteiger partial charge in [0.2, 0.25) is 0 Å². The number of benzene rings is 1. The molecule has 2 rings (SSSR count). The lowest BCUT2D eigenvalue weighted by Gasteiger charge is -2.01. The van der Waals surface area contributed by atoms with E-state index in [1.165, 1.54) is 11.3 Å². The number of aliphatic hydroxyl groups is 1. The summed E-state index contributed by atoms with van der Waals surface area (Å²) >= 11 is 1.51. The van der Waals surface area contributed by atoms with Gasteiger partial charge in [-0.05, 0) is 12.1 Å². The first kappa shape index (κ1) is 9.30. The first-order valence-corrected chi connectivity index (χ1v) is 5.04. The van der Waals surface area contributed by atoms with Crippen LogP contribution in [0.25, 0.3) is 10.1 Å². The molecule has 0 bridgehead atoms. The normalized spacial score (nSPS) is 10.7. The molecule has 1 aromatic heterocycles. The second-order valence-corrected chi connectivity index (χ2v) is 4.07. The molecule has 0 aliphatic heterocycles. The molecule has 0 radical (unpaired) electrons. The highest BCUT2D eigenvalue weighted by Crippen LogP contribution is 2.40. The van der Waals surface area contributed by atoms with Crippen LogP contribution in [-0.4, -0.2) is 12.2 Å². The maximum absolute atomic E-state index is 9.13. The molecule has 1 heterocycles. The number of methoxy groups -OCH3 is 1. The fourth-order valence-corrected chi connectivity index (χ4v) is 2.58. The van der Waals surface area contributed by atoms with Crippen molar-refractivity contribution in [1.82, 2.24) is 0 Å². The second-order valence-electron chi connectivity index (χ2n) is 2.94. The number of aliphatic hydroxyl groups excluding tert-OH is 1. The van der Waals surface area contributed by atoms with Gasteiger partial charge in [-0.3, -0.25) is 0 Å². The predicted octanol–water partition coefficient (Wildman–Crippen LogP) is 1.98. The second kappa shape index (κ2) is 3.48. The Morgan fingerprint density at radius 2 is 2.29 bits per heavy atom. The third-order valence-corrected chi connectivity index (χ3v) is 3.24. The van der Waals surface area contributed by atoms with Crippen LogP contribution < -0.4 is 10.5 Å². The fraction of sp³-hybridized carbons (Fsp3) is 0.200. The van der Waals surface area contributed by atoms with Crippen LogP contribution in [0.5, 0.6) is 5.75 Å². The number of thiophene rings is 1. The number of fused-ring (bicyclic) bond motifs is 1. The molecule has 4 heteroatoms. The van der Waals surface area contributed by atoms with Gasteiger partial charge in [-0.15, -0.1) is 11.3 Å². The van der Waals surface area contributed by atoms with E-state index in [1.54, 1.807) is 7.11 Å². The van der Waals surface area contributed by atoms with Crippen molar-refractivity contribution in [2.24, 2.45) is 0 Å². The number of hydrogen-bond donors (Lipinski definition) is 2. The topological polar surface area (TPSA) is 55.5 Å². The summed E-state index contributed by atoms with van der Waals surface area (Å²) in [6.45, 7) is -0.0119. The lowest BCUT2D eigenvalue weighted by Crippen LogP contribution is -1.89. The molecule has 1 aromatic carbocycles. The van der Waals surface area contributed by atoms with Gasteiger partial charge in [-0.1, -0.05) is 6.07 Å². The molecule has 0 amide bonds. The van der Waals surface area contributed by atoms with E-state index < -0.39 is 0 Å². The van der Waals surface area contributed by atoms with Gasteiger partial charge in [0, 0.05) is 10.4 Å². The van der Waals surface area contributed by atoms with Crippen molar-refractivity contribution in [2.75, 3.05) is 12.8 Å². The summed E-state index contributed by atoms with van der Waals surface area (Å²) in [6.07, 6.45) is 0. The molecule has 0 spiro atoms. The van der Waals surface area contributed by atoms with Gasteiger partial charge >= 0.3 is 0 Å². The van der Waals surface area contributed by atoms with Crippen LogP contribution in [0.3, 0.4) is 0 Å². The molecule has 3 nitrogen and oxygen atoms in total. The highest BCUT2D eigenvalue weighted by Gasteiger charge is 2.13. The lowest BCUT2D eigenvalue weighted by atomic mass is 10.2. The Morgan fingerprint density at radius 3 is 2.93 bits per heavy atom. The molecule has 0 aliphatic rings. The van der Waals surface area contributed by atoms with Crippen molar-refractivity contribution in [3.8, 4) is 5.75 Å². The molecule has 0 unspecified atom stereocenters. The highest BCUT2D eigenvalue weighted by atomic mass is 32.1. The molecule has 2 aromatic rings. The van der Waals surface area contributed by atoms with E-state index in [0.717, 1.165) is 15.0 Å². The van der Waals surface area contributed by atoms with E-state index in [-0.39, 0.29) is 6.61 Å². The van der Waals surface area contributed by atoms with E-state index in [0.29, 0.717) is 11.4 Å². The minimum absolute atomic E-state index is 0.0119. The Kier molecular flexibility index (Phi) is 2.31. The Morgan fingerprint density at radius 1 is 1.50 bits per heavy atom. The van der Waals surface area contributed by atoms with Crippen LogP contribution in [0.2, 0.25) is 0 Å². The maximum atomic E-state index is 9.13. The summed E-state index contributed by atoms with van der Waals surface area (Å²) in [4.78, 5) is 0.820. The molecular weight excluding hydrogens is 198 g/mol. The summed E-state index contributed by atoms with van der Waals surface area (Å²) in [5.74, 6) is 0.700. The maximum Gasteiger partial charge on any atom is 0.145 e. The van der Waals surface area contributed by atoms with Crippen LogP contribution >= 0.6 is 11.3 Å². The minimum atomic E-state index is -0.0119. The van der Waals surface area contributed by atoms with Crippen molar-refractivity contribution >= 4 is 27.1 Å². The summed E-state index contributed by atoms with van der Waals surface area (Å²) in [5, 5.41) is 10.0. The predicted molar refractivity (Wildman–Crippen MR) is 58.7 cm³/mol. The fourth-order valence-electron chi connectivity index (χ4n) is 1.51. The average Bonchev–Trinajstić information content (AvgIpc) is 2.56. The quantitative estimate of drug-likeness (QED) is 0.744. The van der Waals surface area contributed by atoms with Gasteiger partial charge in [0.1, 0.15) is 5.75 Å². The van der Waals surface area contributed by atoms with Crippen molar-refractivity contribution < 1.29 is 9.84 Å². The standard InChI is InChI=1S/C10H11NO2S/c1-13-10-8(5-12)14-7-4-2-3-6(11)9(7)10/h2-4,12H,5,11H2,1H3. The first-order chi connectivity index (χ1) is 6.77. The first-order valence-electron chi connectivity index (χ1n) is 4.22. The van der Waals surface area contributed by atoms with E-state index in [4.69, 9.17) is 15.6 Å². The molecule has 0 saturated carbocycles. The van der Waals surface area contributed by atoms with Crippen LogP contribution in [0, 0.1) is 0 Å². The monoisotopic (exact) mass is 209 g/mol. The van der Waals surface area contributed by atoms with E-state index >= 15 is 0 Å². The van der Waals surface area contributed by atoms with Gasteiger partial charge in [0.05, 0.1) is 24.0 Å². The minimum Gasteiger partial charge on any atom is -0.495 e. The number of ether oxygens (including phenoxy) is 1. The number of nitrogen functional groups attached to an aromatic ring is 1. The van der Waals surface area contributed by atoms with E-state index in [9.17, 15) is 0 Å². The Balaban J connectivity index is 2.81. The Labute approximate surface area is 85.7 Å². The number of hydrogen-bond acceptors (Lipinski definition) is 4. The summed E-state index contributed by atoms with van der Waals surface area (Å²) in [7, 11) is 1.59. The zero-order valence-electron chi connectivity index (χ0n) is 7.78. The van der Waals surface area contributed by atoms with Crippen LogP contribution in [0.15, 0.2) is 18.2 Å². The highest BCUT2D eigenvalue weighted by molar-refractivity contribution is 7.19. The van der Waals surface area contributed by atoms with Gasteiger partial charge in [0.25, 0.3) is 0 Å². The summed E-state index contributed by atoms with van der Waals surface area (Å²) in [5.41, 5.74) is 6.54. The third-order valence-electron chi connectivity index (χ3n) is 2.12. The largest absolute Gasteiger partial charge is 0.495 e. The SMILES string of the molecule is COc1c(CO)sc2cccc(N)c12. The molecule has 3 N–H and O–H groups in total. The number of anilines is 1. The van der Waals surface area contributed by atoms with Crippen LogP contribution in [0.4, 0.5) is 5.69 Å². The summed E-state index contributed by atoms with van der Waals surface area (Å²) < 4.78 is 6.29. The molecular formula is C10H11NO2S. The summed E-state index contributed by atoms with van der Waals surface area (Å²) in [6, 6.07) is 5.70. The Hall–Kier alpha value is -1.26. The smallest absolute Gasteiger partial charge is 0.145 e. The number of rotatable bonds is 2. The molecule has 74 valence electrons. The average molecular weight is 209 g/mol. The van der Waals surface area contributed by atoms with Crippen molar-refractivity contribution in [1.29, 1.82) is 0 Å². The zero-order valence-corrected chi connectivity index (χ0v) is 8.60. The molecule has 0 atom stereocenters. The van der Waals surface area contributed by atoms with Crippen molar-refractivity contribution in [3.05, 3.63) is 23.1 Å². The molecule has 0 aliphatic carbocycles. The molecule has 0 saturated heterocycles. The number of nitrogens with two attached hydrogens (primary N) is 1. The zero-order chi connectivity index (χ0) is 10.1. The van der Waals surface area contributed by atoms with Crippen LogP contribution in [0.1, 0.15) is 4.88 Å². The van der Waals surface area contributed by atoms with Gasteiger partial charge in [-0.25, -0.2) is 0 Å². The molecule has 0 fully saturated rings. The van der Waals surface area contributed by atoms with Crippen LogP contribution in [-0.2, 0) is 6.61 Å².